The summed E-state index contributed by atoms with van der Waals surface area (Å²) in [6, 6.07) is 0. The van der Waals surface area contributed by atoms with Gasteiger partial charge in [-0.3, -0.25) is 4.79 Å². The van der Waals surface area contributed by atoms with Crippen LogP contribution in [0.15, 0.2) is 12.7 Å². The van der Waals surface area contributed by atoms with E-state index in [0.29, 0.717) is 19.3 Å². The molecule has 2 saturated carbocycles. The Morgan fingerprint density at radius 1 is 1.17 bits per heavy atom. The van der Waals surface area contributed by atoms with Gasteiger partial charge in [0.1, 0.15) is 5.78 Å². The summed E-state index contributed by atoms with van der Waals surface area (Å²) < 4.78 is 0. The van der Waals surface area contributed by atoms with Crippen LogP contribution in [-0.4, -0.2) is 28.2 Å². The van der Waals surface area contributed by atoms with Gasteiger partial charge in [-0.05, 0) is 31.1 Å². The molecule has 0 aromatic rings. The molecule has 0 heterocycles. The summed E-state index contributed by atoms with van der Waals surface area (Å²) in [6.07, 6.45) is 6.57. The van der Waals surface area contributed by atoms with Gasteiger partial charge in [0, 0.05) is 23.2 Å². The summed E-state index contributed by atoms with van der Waals surface area (Å²) in [6.45, 7) is 12.3. The number of ketones is 1. The average Bonchev–Trinajstić information content (AvgIpc) is 2.59. The summed E-state index contributed by atoms with van der Waals surface area (Å²) in [4.78, 5) is 13.0. The van der Waals surface area contributed by atoms with E-state index in [4.69, 9.17) is 0 Å². The molecule has 0 aliphatic heterocycles. The molecule has 2 unspecified atom stereocenters. The molecule has 2 rings (SSSR count). The summed E-state index contributed by atoms with van der Waals surface area (Å²) in [7, 11) is 0. The van der Waals surface area contributed by atoms with Crippen LogP contribution in [0.5, 0.6) is 0 Å². The molecule has 0 bridgehead atoms. The number of Topliss-reactive ketones (excluding diaryl/α,β-unsaturated/α-hetero) is 1. The monoisotopic (exact) mass is 336 g/mol. The highest BCUT2D eigenvalue weighted by Crippen LogP contribution is 2.52. The Hall–Kier alpha value is -0.670. The lowest BCUT2D eigenvalue weighted by Crippen LogP contribution is -2.54. The first kappa shape index (κ1) is 19.7. The number of carbonyl (C=O) groups excluding carboxylic acids is 1. The van der Waals surface area contributed by atoms with Crippen LogP contribution in [-0.2, 0) is 4.79 Å². The quantitative estimate of drug-likeness (QED) is 0.708. The van der Waals surface area contributed by atoms with Gasteiger partial charge in [0.15, 0.2) is 0 Å². The molecule has 0 spiro atoms. The maximum absolute atomic E-state index is 13.0. The van der Waals surface area contributed by atoms with Gasteiger partial charge in [-0.15, -0.1) is 6.58 Å². The predicted octanol–water partition coefficient (Wildman–Crippen LogP) is 4.12. The molecule has 2 aliphatic carbocycles. The van der Waals surface area contributed by atoms with Gasteiger partial charge in [0.05, 0.1) is 12.2 Å². The van der Waals surface area contributed by atoms with Crippen molar-refractivity contribution in [1.82, 2.24) is 0 Å². The van der Waals surface area contributed by atoms with Crippen molar-refractivity contribution in [2.75, 3.05) is 0 Å². The molecule has 0 amide bonds. The second-order valence-corrected chi connectivity index (χ2v) is 8.97. The fourth-order valence-electron chi connectivity index (χ4n) is 5.16. The zero-order valence-electron chi connectivity index (χ0n) is 15.9. The van der Waals surface area contributed by atoms with Gasteiger partial charge in [-0.25, -0.2) is 0 Å². The maximum atomic E-state index is 13.0. The van der Waals surface area contributed by atoms with Crippen LogP contribution in [0.2, 0.25) is 0 Å². The zero-order valence-corrected chi connectivity index (χ0v) is 15.9. The minimum absolute atomic E-state index is 0.0155. The van der Waals surface area contributed by atoms with E-state index >= 15 is 0 Å². The molecule has 0 aromatic carbocycles. The average molecular weight is 337 g/mol. The van der Waals surface area contributed by atoms with Gasteiger partial charge < -0.3 is 10.2 Å². The SMILES string of the molecule is C=C[C@]1(C)C[C@@H](O)[C@]2(C)C(C)CCCCCC(=O)C2C[C@@H](C)[C@@H]1O. The smallest absolute Gasteiger partial charge is 0.136 e. The van der Waals surface area contributed by atoms with E-state index in [2.05, 4.69) is 20.4 Å². The van der Waals surface area contributed by atoms with E-state index in [9.17, 15) is 15.0 Å². The van der Waals surface area contributed by atoms with Crippen LogP contribution in [0.4, 0.5) is 0 Å². The molecule has 0 radical (unpaired) electrons. The second-order valence-electron chi connectivity index (χ2n) is 8.97. The minimum atomic E-state index is -0.607. The molecule has 3 heteroatoms. The first-order chi connectivity index (χ1) is 11.2. The van der Waals surface area contributed by atoms with E-state index in [-0.39, 0.29) is 23.5 Å². The van der Waals surface area contributed by atoms with Crippen LogP contribution in [0.3, 0.4) is 0 Å². The van der Waals surface area contributed by atoms with Crippen molar-refractivity contribution in [2.45, 2.75) is 84.8 Å². The third kappa shape index (κ3) is 3.35. The van der Waals surface area contributed by atoms with Crippen LogP contribution in [0.1, 0.15) is 72.6 Å². The van der Waals surface area contributed by atoms with Gasteiger partial charge in [0.25, 0.3) is 0 Å². The number of carbonyl (C=O) groups is 1. The van der Waals surface area contributed by atoms with Crippen molar-refractivity contribution in [1.29, 1.82) is 0 Å². The van der Waals surface area contributed by atoms with Crippen LogP contribution >= 0.6 is 0 Å². The van der Waals surface area contributed by atoms with E-state index in [0.717, 1.165) is 25.7 Å². The highest BCUT2D eigenvalue weighted by atomic mass is 16.3. The Morgan fingerprint density at radius 3 is 2.46 bits per heavy atom. The number of aliphatic hydroxyl groups is 2. The summed E-state index contributed by atoms with van der Waals surface area (Å²) in [5, 5.41) is 22.1. The fraction of sp³-hybridized carbons (Fsp3) is 0.857. The van der Waals surface area contributed by atoms with Gasteiger partial charge in [-0.2, -0.15) is 0 Å². The Balaban J connectivity index is 2.49. The number of hydrogen-bond donors (Lipinski definition) is 2. The van der Waals surface area contributed by atoms with Crippen molar-refractivity contribution in [3.05, 3.63) is 12.7 Å². The van der Waals surface area contributed by atoms with Crippen molar-refractivity contribution in [3.63, 3.8) is 0 Å². The zero-order chi connectivity index (χ0) is 18.1. The Morgan fingerprint density at radius 2 is 1.83 bits per heavy atom. The van der Waals surface area contributed by atoms with Crippen LogP contribution < -0.4 is 0 Å². The highest BCUT2D eigenvalue weighted by molar-refractivity contribution is 5.82. The van der Waals surface area contributed by atoms with Crippen molar-refractivity contribution < 1.29 is 15.0 Å². The van der Waals surface area contributed by atoms with Gasteiger partial charge in [-0.1, -0.05) is 53.0 Å². The van der Waals surface area contributed by atoms with Crippen molar-refractivity contribution in [3.8, 4) is 0 Å². The maximum Gasteiger partial charge on any atom is 0.136 e. The number of hydrogen-bond acceptors (Lipinski definition) is 3. The lowest BCUT2D eigenvalue weighted by Gasteiger charge is -2.51. The predicted molar refractivity (Wildman–Crippen MR) is 97.6 cm³/mol. The topological polar surface area (TPSA) is 57.5 Å². The van der Waals surface area contributed by atoms with Gasteiger partial charge >= 0.3 is 0 Å². The molecule has 2 aliphatic rings. The molecule has 0 aromatic heterocycles. The fourth-order valence-corrected chi connectivity index (χ4v) is 5.16. The number of rotatable bonds is 1. The molecule has 7 atom stereocenters. The summed E-state index contributed by atoms with van der Waals surface area (Å²) in [5.41, 5.74) is -0.950. The highest BCUT2D eigenvalue weighted by Gasteiger charge is 2.53. The van der Waals surface area contributed by atoms with E-state index in [1.54, 1.807) is 6.08 Å². The van der Waals surface area contributed by atoms with Crippen LogP contribution in [0, 0.1) is 28.6 Å². The first-order valence-electron chi connectivity index (χ1n) is 9.69. The summed E-state index contributed by atoms with van der Waals surface area (Å²) >= 11 is 0. The van der Waals surface area contributed by atoms with Crippen molar-refractivity contribution in [2.24, 2.45) is 28.6 Å². The lowest BCUT2D eigenvalue weighted by atomic mass is 9.55. The molecule has 0 saturated heterocycles. The van der Waals surface area contributed by atoms with E-state index < -0.39 is 23.0 Å². The number of aliphatic hydroxyl groups excluding tert-OH is 2. The first-order valence-corrected chi connectivity index (χ1v) is 9.69. The molecular weight excluding hydrogens is 300 g/mol. The standard InChI is InChI=1S/C21H36O3/c1-6-20(4)13-18(23)21(5)15(3)10-8-7-9-11-17(22)16(21)12-14(2)19(20)24/h6,14-16,18-19,23-24H,1,7-13H2,2-5H3/t14-,15?,16?,18-,19+,20-,21-/m1/s1. The summed E-state index contributed by atoms with van der Waals surface area (Å²) in [5.74, 6) is 0.420. The Kier molecular flexibility index (Phi) is 5.97. The Bertz CT molecular complexity index is 474. The molecular formula is C21H36O3. The molecule has 2 fully saturated rings. The molecule has 3 nitrogen and oxygen atoms in total. The second kappa shape index (κ2) is 7.29. The van der Waals surface area contributed by atoms with E-state index in [1.165, 1.54) is 0 Å². The third-order valence-electron chi connectivity index (χ3n) is 7.40. The lowest BCUT2D eigenvalue weighted by molar-refractivity contribution is -0.147. The molecule has 2 N–H and O–H groups in total. The number of fused-ring (bicyclic) bond motifs is 1. The normalized spacial score (nSPS) is 48.2. The van der Waals surface area contributed by atoms with Crippen molar-refractivity contribution >= 4 is 5.78 Å². The van der Waals surface area contributed by atoms with Crippen LogP contribution in [0.25, 0.3) is 0 Å². The third-order valence-corrected chi connectivity index (χ3v) is 7.40. The largest absolute Gasteiger partial charge is 0.392 e. The molecule has 138 valence electrons. The minimum Gasteiger partial charge on any atom is -0.392 e. The Labute approximate surface area is 147 Å². The van der Waals surface area contributed by atoms with E-state index in [1.807, 2.05) is 13.8 Å². The van der Waals surface area contributed by atoms with Gasteiger partial charge in [0.2, 0.25) is 0 Å². The molecule has 24 heavy (non-hydrogen) atoms.